The van der Waals surface area contributed by atoms with E-state index < -0.39 is 0 Å². The Kier molecular flexibility index (Phi) is 3.55. The van der Waals surface area contributed by atoms with Crippen molar-refractivity contribution in [3.63, 3.8) is 0 Å². The molecule has 1 aromatic carbocycles. The summed E-state index contributed by atoms with van der Waals surface area (Å²) in [5, 5.41) is 6.62. The van der Waals surface area contributed by atoms with Crippen molar-refractivity contribution in [2.75, 3.05) is 11.4 Å². The van der Waals surface area contributed by atoms with Crippen molar-refractivity contribution in [3.05, 3.63) is 41.5 Å². The highest BCUT2D eigenvalue weighted by Crippen LogP contribution is 2.42. The first-order valence-corrected chi connectivity index (χ1v) is 8.11. The Balaban J connectivity index is 1.64. The average Bonchev–Trinajstić information content (AvgIpc) is 3.18. The van der Waals surface area contributed by atoms with Crippen LogP contribution in [0.4, 0.5) is 5.69 Å². The van der Waals surface area contributed by atoms with Gasteiger partial charge in [0.1, 0.15) is 6.04 Å². The fraction of sp³-hybridized carbons (Fsp3) is 0.412. The summed E-state index contributed by atoms with van der Waals surface area (Å²) in [7, 11) is 0. The number of benzene rings is 1. The lowest BCUT2D eigenvalue weighted by Crippen LogP contribution is -2.40. The molecule has 124 valence electrons. The van der Waals surface area contributed by atoms with Crippen molar-refractivity contribution in [2.24, 2.45) is 0 Å². The molecule has 1 aliphatic carbocycles. The van der Waals surface area contributed by atoms with Gasteiger partial charge in [0.15, 0.2) is 5.82 Å². The Hall–Kier alpha value is -2.70. The number of amides is 2. The van der Waals surface area contributed by atoms with E-state index in [0.717, 1.165) is 29.9 Å². The lowest BCUT2D eigenvalue weighted by Gasteiger charge is -2.23. The molecule has 24 heavy (non-hydrogen) atoms. The predicted molar refractivity (Wildman–Crippen MR) is 85.3 cm³/mol. The second kappa shape index (κ2) is 5.74. The topological polar surface area (TPSA) is 88.3 Å². The molecule has 1 aliphatic heterocycles. The zero-order chi connectivity index (χ0) is 16.7. The van der Waals surface area contributed by atoms with E-state index in [1.54, 1.807) is 4.90 Å². The number of carbonyl (C=O) groups is 2. The quantitative estimate of drug-likeness (QED) is 0.924. The second-order valence-electron chi connectivity index (χ2n) is 6.29. The van der Waals surface area contributed by atoms with Gasteiger partial charge in [-0.05, 0) is 24.5 Å². The van der Waals surface area contributed by atoms with Crippen molar-refractivity contribution < 1.29 is 14.1 Å². The number of nitrogens with one attached hydrogen (secondary N) is 1. The standard InChI is InChI=1S/C17H18N4O3/c1-10(22)18-9-15(23)21-13-5-3-2-4-12(13)8-14(21)17-19-16(20-24-17)11-6-7-11/h2-5,11,14H,6-9H2,1H3,(H,18,22). The van der Waals surface area contributed by atoms with Crippen molar-refractivity contribution in [1.82, 2.24) is 15.5 Å². The molecular weight excluding hydrogens is 308 g/mol. The van der Waals surface area contributed by atoms with E-state index in [-0.39, 0.29) is 24.4 Å². The highest BCUT2D eigenvalue weighted by molar-refractivity contribution is 5.98. The summed E-state index contributed by atoms with van der Waals surface area (Å²) < 4.78 is 5.44. The Morgan fingerprint density at radius 1 is 1.33 bits per heavy atom. The molecule has 1 unspecified atom stereocenters. The molecule has 2 amide bonds. The summed E-state index contributed by atoms with van der Waals surface area (Å²) in [4.78, 5) is 30.0. The molecule has 7 heteroatoms. The number of carbonyl (C=O) groups excluding carboxylic acids is 2. The summed E-state index contributed by atoms with van der Waals surface area (Å²) in [6.45, 7) is 1.34. The Morgan fingerprint density at radius 3 is 2.88 bits per heavy atom. The van der Waals surface area contributed by atoms with Crippen LogP contribution in [0.5, 0.6) is 0 Å². The van der Waals surface area contributed by atoms with Crippen LogP contribution in [0.15, 0.2) is 28.8 Å². The third-order valence-corrected chi connectivity index (χ3v) is 4.42. The van der Waals surface area contributed by atoms with Crippen molar-refractivity contribution in [1.29, 1.82) is 0 Å². The molecule has 0 bridgehead atoms. The first-order valence-electron chi connectivity index (χ1n) is 8.11. The summed E-state index contributed by atoms with van der Waals surface area (Å²) in [6.07, 6.45) is 2.82. The number of aromatic nitrogens is 2. The predicted octanol–water partition coefficient (Wildman–Crippen LogP) is 1.71. The molecule has 2 aliphatic rings. The first kappa shape index (κ1) is 14.9. The molecule has 1 N–H and O–H groups in total. The zero-order valence-corrected chi connectivity index (χ0v) is 13.4. The molecule has 1 fully saturated rings. The van der Waals surface area contributed by atoms with Gasteiger partial charge in [-0.3, -0.25) is 14.5 Å². The van der Waals surface area contributed by atoms with Crippen LogP contribution in [0.2, 0.25) is 0 Å². The number of nitrogens with zero attached hydrogens (tertiary/aromatic N) is 3. The van der Waals surface area contributed by atoms with Gasteiger partial charge >= 0.3 is 0 Å². The smallest absolute Gasteiger partial charge is 0.250 e. The van der Waals surface area contributed by atoms with Gasteiger partial charge < -0.3 is 9.84 Å². The minimum atomic E-state index is -0.316. The minimum absolute atomic E-state index is 0.0518. The number of hydrogen-bond acceptors (Lipinski definition) is 5. The normalized spacial score (nSPS) is 19.2. The molecule has 0 saturated heterocycles. The summed E-state index contributed by atoms with van der Waals surface area (Å²) in [5.41, 5.74) is 1.90. The number of anilines is 1. The number of para-hydroxylation sites is 1. The molecule has 0 spiro atoms. The summed E-state index contributed by atoms with van der Waals surface area (Å²) in [5.74, 6) is 1.17. The molecular formula is C17H18N4O3. The van der Waals surface area contributed by atoms with E-state index in [1.165, 1.54) is 6.92 Å². The van der Waals surface area contributed by atoms with Crippen LogP contribution in [0.3, 0.4) is 0 Å². The third-order valence-electron chi connectivity index (χ3n) is 4.42. The van der Waals surface area contributed by atoms with E-state index >= 15 is 0 Å². The SMILES string of the molecule is CC(=O)NCC(=O)N1c2ccccc2CC1c1nc(C2CC2)no1. The Labute approximate surface area is 139 Å². The van der Waals surface area contributed by atoms with Gasteiger partial charge in [-0.15, -0.1) is 0 Å². The molecule has 2 heterocycles. The average molecular weight is 326 g/mol. The highest BCUT2D eigenvalue weighted by Gasteiger charge is 2.39. The summed E-state index contributed by atoms with van der Waals surface area (Å²) in [6, 6.07) is 7.42. The largest absolute Gasteiger partial charge is 0.347 e. The maximum Gasteiger partial charge on any atom is 0.250 e. The van der Waals surface area contributed by atoms with Crippen molar-refractivity contribution in [3.8, 4) is 0 Å². The number of fused-ring (bicyclic) bond motifs is 1. The first-order chi connectivity index (χ1) is 11.6. The fourth-order valence-electron chi connectivity index (χ4n) is 3.07. The second-order valence-corrected chi connectivity index (χ2v) is 6.29. The third kappa shape index (κ3) is 2.66. The zero-order valence-electron chi connectivity index (χ0n) is 13.4. The molecule has 7 nitrogen and oxygen atoms in total. The highest BCUT2D eigenvalue weighted by atomic mass is 16.5. The maximum absolute atomic E-state index is 12.7. The van der Waals surface area contributed by atoms with Crippen molar-refractivity contribution >= 4 is 17.5 Å². The molecule has 4 rings (SSSR count). The van der Waals surface area contributed by atoms with Crippen molar-refractivity contribution in [2.45, 2.75) is 38.1 Å². The van der Waals surface area contributed by atoms with Crippen LogP contribution in [0, 0.1) is 0 Å². The van der Waals surface area contributed by atoms with Gasteiger partial charge in [0.25, 0.3) is 0 Å². The van der Waals surface area contributed by atoms with E-state index in [1.807, 2.05) is 24.3 Å². The van der Waals surface area contributed by atoms with E-state index in [2.05, 4.69) is 15.5 Å². The van der Waals surface area contributed by atoms with Gasteiger partial charge in [-0.25, -0.2) is 0 Å². The minimum Gasteiger partial charge on any atom is -0.347 e. The van der Waals surface area contributed by atoms with Gasteiger partial charge in [-0.2, -0.15) is 4.98 Å². The lowest BCUT2D eigenvalue weighted by atomic mass is 10.1. The van der Waals surface area contributed by atoms with E-state index in [9.17, 15) is 9.59 Å². The van der Waals surface area contributed by atoms with Gasteiger partial charge in [0.2, 0.25) is 17.7 Å². The van der Waals surface area contributed by atoms with Gasteiger partial charge in [0.05, 0.1) is 6.54 Å². The summed E-state index contributed by atoms with van der Waals surface area (Å²) >= 11 is 0. The van der Waals surface area contributed by atoms with Crippen LogP contribution in [-0.2, 0) is 16.0 Å². The molecule has 1 atom stereocenters. The maximum atomic E-state index is 12.7. The van der Waals surface area contributed by atoms with Gasteiger partial charge in [-0.1, -0.05) is 23.4 Å². The van der Waals surface area contributed by atoms with Crippen LogP contribution < -0.4 is 10.2 Å². The van der Waals surface area contributed by atoms with E-state index in [4.69, 9.17) is 4.52 Å². The monoisotopic (exact) mass is 326 g/mol. The molecule has 2 aromatic rings. The molecule has 1 aromatic heterocycles. The lowest BCUT2D eigenvalue weighted by molar-refractivity contribution is -0.123. The Morgan fingerprint density at radius 2 is 2.12 bits per heavy atom. The van der Waals surface area contributed by atoms with Crippen LogP contribution >= 0.6 is 0 Å². The Bertz CT molecular complexity index is 797. The van der Waals surface area contributed by atoms with Gasteiger partial charge in [0, 0.05) is 24.9 Å². The number of hydrogen-bond donors (Lipinski definition) is 1. The molecule has 0 radical (unpaired) electrons. The van der Waals surface area contributed by atoms with Crippen LogP contribution in [0.25, 0.3) is 0 Å². The number of rotatable bonds is 4. The van der Waals surface area contributed by atoms with E-state index in [0.29, 0.717) is 18.2 Å². The fourth-order valence-corrected chi connectivity index (χ4v) is 3.07. The van der Waals surface area contributed by atoms with Crippen LogP contribution in [0.1, 0.15) is 49.0 Å². The van der Waals surface area contributed by atoms with Crippen LogP contribution in [-0.4, -0.2) is 28.5 Å². The molecule has 1 saturated carbocycles.